The lowest BCUT2D eigenvalue weighted by molar-refractivity contribution is -0.143. The zero-order valence-electron chi connectivity index (χ0n) is 18.7. The topological polar surface area (TPSA) is 70.2 Å². The Balaban J connectivity index is 1.51. The first-order valence-corrected chi connectivity index (χ1v) is 12.3. The zero-order valence-corrected chi connectivity index (χ0v) is 20.2. The van der Waals surface area contributed by atoms with Gasteiger partial charge in [-0.1, -0.05) is 35.9 Å². The lowest BCUT2D eigenvalue weighted by Crippen LogP contribution is -2.50. The van der Waals surface area contributed by atoms with E-state index in [0.717, 1.165) is 19.6 Å². The van der Waals surface area contributed by atoms with Crippen LogP contribution in [0, 0.1) is 0 Å². The second kappa shape index (κ2) is 10.3. The number of methoxy groups -OCH3 is 1. The number of hydrogen-bond donors (Lipinski definition) is 0. The van der Waals surface area contributed by atoms with Gasteiger partial charge >= 0.3 is 0 Å². The summed E-state index contributed by atoms with van der Waals surface area (Å²) in [5, 5.41) is 2.46. The molecule has 3 amide bonds. The molecule has 4 rings (SSSR count). The number of benzene rings is 1. The molecule has 1 aromatic carbocycles. The van der Waals surface area contributed by atoms with E-state index in [9.17, 15) is 14.4 Å². The fraction of sp³-hybridized carbons (Fsp3) is 0.458. The number of piperazine rings is 1. The van der Waals surface area contributed by atoms with Crippen LogP contribution in [0.3, 0.4) is 0 Å². The van der Waals surface area contributed by atoms with Crippen LogP contribution in [0.25, 0.3) is 0 Å². The predicted molar refractivity (Wildman–Crippen MR) is 127 cm³/mol. The van der Waals surface area contributed by atoms with Crippen molar-refractivity contribution in [1.29, 1.82) is 0 Å². The van der Waals surface area contributed by atoms with E-state index in [4.69, 9.17) is 16.3 Å². The van der Waals surface area contributed by atoms with E-state index in [-0.39, 0.29) is 43.7 Å². The number of imide groups is 1. The number of amides is 3. The number of hydrogen-bond acceptors (Lipinski definition) is 6. The van der Waals surface area contributed by atoms with Crippen molar-refractivity contribution in [3.05, 3.63) is 57.2 Å². The van der Waals surface area contributed by atoms with Crippen LogP contribution in [0.2, 0.25) is 5.02 Å². The van der Waals surface area contributed by atoms with Crippen LogP contribution < -0.4 is 0 Å². The summed E-state index contributed by atoms with van der Waals surface area (Å²) in [4.78, 5) is 46.4. The largest absolute Gasteiger partial charge is 0.383 e. The van der Waals surface area contributed by atoms with Crippen molar-refractivity contribution in [2.45, 2.75) is 24.8 Å². The Morgan fingerprint density at radius 2 is 1.88 bits per heavy atom. The molecule has 2 aliphatic rings. The quantitative estimate of drug-likeness (QED) is 0.533. The first-order valence-electron chi connectivity index (χ1n) is 11.1. The summed E-state index contributed by atoms with van der Waals surface area (Å²) >= 11 is 8.21. The van der Waals surface area contributed by atoms with E-state index in [1.54, 1.807) is 40.5 Å². The van der Waals surface area contributed by atoms with Crippen molar-refractivity contribution >= 4 is 40.7 Å². The minimum atomic E-state index is -1.28. The van der Waals surface area contributed by atoms with Crippen LogP contribution in [0.1, 0.15) is 23.3 Å². The number of halogens is 1. The van der Waals surface area contributed by atoms with E-state index in [1.807, 2.05) is 6.07 Å². The Hall–Kier alpha value is -2.26. The monoisotopic (exact) mass is 489 g/mol. The summed E-state index contributed by atoms with van der Waals surface area (Å²) in [5.41, 5.74) is -0.747. The van der Waals surface area contributed by atoms with E-state index in [2.05, 4.69) is 16.3 Å². The molecule has 2 aromatic rings. The highest BCUT2D eigenvalue weighted by Crippen LogP contribution is 2.43. The molecule has 7 nitrogen and oxygen atoms in total. The minimum absolute atomic E-state index is 0.0661. The molecule has 1 aromatic heterocycles. The normalized spacial score (nSPS) is 21.8. The molecule has 0 bridgehead atoms. The smallest absolute Gasteiger partial charge is 0.241 e. The molecule has 3 heterocycles. The molecule has 2 saturated heterocycles. The summed E-state index contributed by atoms with van der Waals surface area (Å²) in [6.45, 7) is 4.03. The molecular weight excluding hydrogens is 462 g/mol. The number of thiophene rings is 1. The highest BCUT2D eigenvalue weighted by molar-refractivity contribution is 7.09. The summed E-state index contributed by atoms with van der Waals surface area (Å²) in [6, 6.07) is 11.2. The van der Waals surface area contributed by atoms with Crippen LogP contribution in [-0.4, -0.2) is 78.9 Å². The van der Waals surface area contributed by atoms with Gasteiger partial charge in [-0.15, -0.1) is 11.3 Å². The molecule has 2 aliphatic heterocycles. The summed E-state index contributed by atoms with van der Waals surface area (Å²) in [7, 11) is 1.52. The van der Waals surface area contributed by atoms with Gasteiger partial charge < -0.3 is 9.64 Å². The molecule has 2 fully saturated rings. The Kier molecular flexibility index (Phi) is 7.48. The van der Waals surface area contributed by atoms with Crippen LogP contribution in [-0.2, 0) is 31.1 Å². The average Bonchev–Trinajstić information content (AvgIpc) is 3.40. The lowest BCUT2D eigenvalue weighted by Gasteiger charge is -2.36. The second-order valence-corrected chi connectivity index (χ2v) is 9.93. The standard InChI is InChI=1S/C24H28ClN3O4S/c1-32-13-12-28-22(30)16-24(23(28)31,19-6-2-3-7-20(19)25)15-21(29)27-10-8-26(9-11-27)17-18-5-4-14-33-18/h2-7,14H,8-13,15-17H2,1H3. The molecule has 176 valence electrons. The van der Waals surface area contributed by atoms with Gasteiger partial charge in [-0.3, -0.25) is 24.2 Å². The summed E-state index contributed by atoms with van der Waals surface area (Å²) in [6.07, 6.45) is -0.140. The van der Waals surface area contributed by atoms with Gasteiger partial charge in [0.15, 0.2) is 0 Å². The Bertz CT molecular complexity index is 1010. The van der Waals surface area contributed by atoms with Crippen molar-refractivity contribution in [2.75, 3.05) is 46.4 Å². The summed E-state index contributed by atoms with van der Waals surface area (Å²) in [5.74, 6) is -0.798. The van der Waals surface area contributed by atoms with Gasteiger partial charge in [0.2, 0.25) is 17.7 Å². The maximum atomic E-state index is 13.6. The van der Waals surface area contributed by atoms with Crippen molar-refractivity contribution in [2.24, 2.45) is 0 Å². The van der Waals surface area contributed by atoms with Crippen molar-refractivity contribution in [3.8, 4) is 0 Å². The van der Waals surface area contributed by atoms with Gasteiger partial charge in [0.1, 0.15) is 0 Å². The molecule has 0 saturated carbocycles. The second-order valence-electron chi connectivity index (χ2n) is 8.50. The molecule has 0 radical (unpaired) electrons. The van der Waals surface area contributed by atoms with E-state index in [0.29, 0.717) is 23.7 Å². The van der Waals surface area contributed by atoms with Crippen LogP contribution in [0.15, 0.2) is 41.8 Å². The first kappa shape index (κ1) is 23.9. The number of rotatable bonds is 8. The number of nitrogens with zero attached hydrogens (tertiary/aromatic N) is 3. The van der Waals surface area contributed by atoms with Gasteiger partial charge in [0, 0.05) is 62.6 Å². The maximum absolute atomic E-state index is 13.6. The van der Waals surface area contributed by atoms with Gasteiger partial charge in [-0.05, 0) is 23.1 Å². The molecule has 33 heavy (non-hydrogen) atoms. The fourth-order valence-corrected chi connectivity index (χ4v) is 5.71. The Labute approximate surface area is 202 Å². The fourth-order valence-electron chi connectivity index (χ4n) is 4.65. The molecular formula is C24H28ClN3O4S. The zero-order chi connectivity index (χ0) is 23.4. The van der Waals surface area contributed by atoms with Crippen LogP contribution in [0.5, 0.6) is 0 Å². The maximum Gasteiger partial charge on any atom is 0.241 e. The van der Waals surface area contributed by atoms with Crippen molar-refractivity contribution in [3.63, 3.8) is 0 Å². The highest BCUT2D eigenvalue weighted by atomic mass is 35.5. The van der Waals surface area contributed by atoms with Crippen molar-refractivity contribution < 1.29 is 19.1 Å². The van der Waals surface area contributed by atoms with Gasteiger partial charge in [0.05, 0.1) is 18.6 Å². The van der Waals surface area contributed by atoms with E-state index >= 15 is 0 Å². The van der Waals surface area contributed by atoms with Gasteiger partial charge in [-0.2, -0.15) is 0 Å². The van der Waals surface area contributed by atoms with Gasteiger partial charge in [0.25, 0.3) is 0 Å². The van der Waals surface area contributed by atoms with Crippen molar-refractivity contribution in [1.82, 2.24) is 14.7 Å². The highest BCUT2D eigenvalue weighted by Gasteiger charge is 2.54. The average molecular weight is 490 g/mol. The number of likely N-dealkylation sites (tertiary alicyclic amines) is 1. The lowest BCUT2D eigenvalue weighted by atomic mass is 9.75. The molecule has 1 atom stereocenters. The SMILES string of the molecule is COCCN1C(=O)CC(CC(=O)N2CCN(Cc3cccs3)CC2)(c2ccccc2Cl)C1=O. The van der Waals surface area contributed by atoms with E-state index < -0.39 is 5.41 Å². The Morgan fingerprint density at radius 1 is 1.12 bits per heavy atom. The van der Waals surface area contributed by atoms with Crippen LogP contribution >= 0.6 is 22.9 Å². The first-order chi connectivity index (χ1) is 15.9. The predicted octanol–water partition coefficient (Wildman–Crippen LogP) is 2.78. The molecule has 0 N–H and O–H groups in total. The number of carbonyl (C=O) groups is 3. The molecule has 9 heteroatoms. The third-order valence-corrected chi connectivity index (χ3v) is 7.65. The van der Waals surface area contributed by atoms with Gasteiger partial charge in [-0.25, -0.2) is 0 Å². The Morgan fingerprint density at radius 3 is 2.55 bits per heavy atom. The number of ether oxygens (including phenoxy) is 1. The molecule has 1 unspecified atom stereocenters. The number of carbonyl (C=O) groups excluding carboxylic acids is 3. The summed E-state index contributed by atoms with van der Waals surface area (Å²) < 4.78 is 5.07. The van der Waals surface area contributed by atoms with Crippen LogP contribution in [0.4, 0.5) is 0 Å². The molecule has 0 spiro atoms. The molecule has 0 aliphatic carbocycles. The minimum Gasteiger partial charge on any atom is -0.383 e. The third kappa shape index (κ3) is 4.99. The third-order valence-electron chi connectivity index (χ3n) is 6.45. The van der Waals surface area contributed by atoms with E-state index in [1.165, 1.54) is 16.9 Å².